The number of sulfonamides is 1. The zero-order chi connectivity index (χ0) is 19.9. The fourth-order valence-electron chi connectivity index (χ4n) is 3.38. The molecule has 6 nitrogen and oxygen atoms in total. The molecule has 9 heteroatoms. The minimum Gasteiger partial charge on any atom is -0.423 e. The standard InChI is InChI=1S/C19H19BrN2O4S2/c1-13-2-5-19(27-13)28(24,25)22-8-6-21(7-9-22)12-14-10-18(23)26-17-11-15(20)3-4-16(14)17/h2-5,10-11H,6-9,12H2,1H3. The molecule has 0 amide bonds. The number of hydrogen-bond acceptors (Lipinski definition) is 6. The summed E-state index contributed by atoms with van der Waals surface area (Å²) >= 11 is 4.70. The number of aryl methyl sites for hydroxylation is 1. The Morgan fingerprint density at radius 1 is 1.11 bits per heavy atom. The number of halogens is 1. The van der Waals surface area contributed by atoms with E-state index in [2.05, 4.69) is 20.8 Å². The second kappa shape index (κ2) is 7.72. The summed E-state index contributed by atoms with van der Waals surface area (Å²) in [6.07, 6.45) is 0. The van der Waals surface area contributed by atoms with Gasteiger partial charge in [-0.2, -0.15) is 4.31 Å². The molecule has 4 rings (SSSR count). The van der Waals surface area contributed by atoms with Crippen LogP contribution in [0.5, 0.6) is 0 Å². The second-order valence-corrected chi connectivity index (χ2v) is 11.1. The molecule has 0 spiro atoms. The van der Waals surface area contributed by atoms with Crippen molar-refractivity contribution in [2.24, 2.45) is 0 Å². The number of fused-ring (bicyclic) bond motifs is 1. The summed E-state index contributed by atoms with van der Waals surface area (Å²) in [5.74, 6) is 0. The van der Waals surface area contributed by atoms with Gasteiger partial charge >= 0.3 is 5.63 Å². The lowest BCUT2D eigenvalue weighted by atomic mass is 10.1. The first kappa shape index (κ1) is 19.8. The van der Waals surface area contributed by atoms with Crippen LogP contribution in [-0.2, 0) is 16.6 Å². The van der Waals surface area contributed by atoms with E-state index < -0.39 is 10.0 Å². The van der Waals surface area contributed by atoms with Crippen LogP contribution in [-0.4, -0.2) is 43.8 Å². The van der Waals surface area contributed by atoms with Gasteiger partial charge in [-0.1, -0.05) is 15.9 Å². The van der Waals surface area contributed by atoms with E-state index in [0.29, 0.717) is 42.5 Å². The van der Waals surface area contributed by atoms with Crippen LogP contribution >= 0.6 is 27.3 Å². The van der Waals surface area contributed by atoms with Crippen molar-refractivity contribution < 1.29 is 12.8 Å². The van der Waals surface area contributed by atoms with Gasteiger partial charge in [0.15, 0.2) is 0 Å². The maximum absolute atomic E-state index is 12.8. The van der Waals surface area contributed by atoms with Gasteiger partial charge in [0.2, 0.25) is 0 Å². The van der Waals surface area contributed by atoms with Crippen molar-refractivity contribution in [2.75, 3.05) is 26.2 Å². The zero-order valence-corrected chi connectivity index (χ0v) is 18.4. The van der Waals surface area contributed by atoms with Crippen molar-refractivity contribution in [2.45, 2.75) is 17.7 Å². The van der Waals surface area contributed by atoms with Gasteiger partial charge in [-0.05, 0) is 42.8 Å². The number of thiophene rings is 1. The Labute approximate surface area is 175 Å². The summed E-state index contributed by atoms with van der Waals surface area (Å²) < 4.78 is 33.6. The third-order valence-electron chi connectivity index (χ3n) is 4.83. The van der Waals surface area contributed by atoms with Crippen molar-refractivity contribution >= 4 is 48.3 Å². The average molecular weight is 483 g/mol. The summed E-state index contributed by atoms with van der Waals surface area (Å²) in [6.45, 7) is 4.58. The maximum atomic E-state index is 12.8. The van der Waals surface area contributed by atoms with Crippen molar-refractivity contribution in [1.29, 1.82) is 0 Å². The van der Waals surface area contributed by atoms with Gasteiger partial charge in [0.1, 0.15) is 9.79 Å². The lowest BCUT2D eigenvalue weighted by Crippen LogP contribution is -2.48. The van der Waals surface area contributed by atoms with Gasteiger partial charge < -0.3 is 4.42 Å². The van der Waals surface area contributed by atoms with Gasteiger partial charge in [0.05, 0.1) is 0 Å². The molecule has 1 fully saturated rings. The normalized spacial score (nSPS) is 16.6. The molecule has 2 aromatic heterocycles. The largest absolute Gasteiger partial charge is 0.423 e. The first-order valence-electron chi connectivity index (χ1n) is 8.84. The predicted molar refractivity (Wildman–Crippen MR) is 113 cm³/mol. The number of piperazine rings is 1. The molecule has 0 radical (unpaired) electrons. The fourth-order valence-corrected chi connectivity index (χ4v) is 6.58. The molecule has 1 aliphatic heterocycles. The molecule has 0 atom stereocenters. The Morgan fingerprint density at radius 3 is 2.54 bits per heavy atom. The Morgan fingerprint density at radius 2 is 1.86 bits per heavy atom. The van der Waals surface area contributed by atoms with Crippen molar-refractivity contribution in [1.82, 2.24) is 9.21 Å². The van der Waals surface area contributed by atoms with Gasteiger partial charge in [0.25, 0.3) is 10.0 Å². The van der Waals surface area contributed by atoms with Crippen LogP contribution in [0.3, 0.4) is 0 Å². The first-order valence-corrected chi connectivity index (χ1v) is 11.9. The van der Waals surface area contributed by atoms with Crippen LogP contribution in [0.15, 0.2) is 54.3 Å². The van der Waals surface area contributed by atoms with Crippen molar-refractivity contribution in [3.63, 3.8) is 0 Å². The highest BCUT2D eigenvalue weighted by Crippen LogP contribution is 2.26. The van der Waals surface area contributed by atoms with Gasteiger partial charge in [-0.25, -0.2) is 13.2 Å². The molecule has 148 valence electrons. The van der Waals surface area contributed by atoms with E-state index in [-0.39, 0.29) is 5.63 Å². The summed E-state index contributed by atoms with van der Waals surface area (Å²) in [5.41, 5.74) is 1.06. The van der Waals surface area contributed by atoms with Crippen LogP contribution in [0.2, 0.25) is 0 Å². The SMILES string of the molecule is Cc1ccc(S(=O)(=O)N2CCN(Cc3cc(=O)oc4cc(Br)ccc34)CC2)s1. The third kappa shape index (κ3) is 3.95. The first-order chi connectivity index (χ1) is 13.3. The van der Waals surface area contributed by atoms with E-state index in [9.17, 15) is 13.2 Å². The molecule has 0 bridgehead atoms. The minimum atomic E-state index is -3.43. The van der Waals surface area contributed by atoms with E-state index >= 15 is 0 Å². The quantitative estimate of drug-likeness (QED) is 0.532. The molecule has 3 heterocycles. The summed E-state index contributed by atoms with van der Waals surface area (Å²) in [5, 5.41) is 0.895. The lowest BCUT2D eigenvalue weighted by molar-refractivity contribution is 0.182. The summed E-state index contributed by atoms with van der Waals surface area (Å²) in [7, 11) is -3.43. The molecule has 1 aliphatic rings. The van der Waals surface area contributed by atoms with Crippen LogP contribution in [0.25, 0.3) is 11.0 Å². The molecule has 0 aliphatic carbocycles. The highest BCUT2D eigenvalue weighted by molar-refractivity contribution is 9.10. The molecular weight excluding hydrogens is 464 g/mol. The number of rotatable bonds is 4. The Kier molecular flexibility index (Phi) is 5.45. The van der Waals surface area contributed by atoms with Crippen molar-refractivity contribution in [3.05, 3.63) is 61.7 Å². The van der Waals surface area contributed by atoms with E-state index in [1.54, 1.807) is 16.4 Å². The highest BCUT2D eigenvalue weighted by Gasteiger charge is 2.29. The van der Waals surface area contributed by atoms with Gasteiger partial charge in [-0.3, -0.25) is 4.90 Å². The highest BCUT2D eigenvalue weighted by atomic mass is 79.9. The molecule has 28 heavy (non-hydrogen) atoms. The molecular formula is C19H19BrN2O4S2. The molecule has 1 aromatic carbocycles. The minimum absolute atomic E-state index is 0.380. The molecule has 3 aromatic rings. The fraction of sp³-hybridized carbons (Fsp3) is 0.316. The van der Waals surface area contributed by atoms with E-state index in [0.717, 1.165) is 20.3 Å². The Hall–Kier alpha value is -1.52. The van der Waals surface area contributed by atoms with Crippen LogP contribution < -0.4 is 5.63 Å². The number of benzene rings is 1. The summed E-state index contributed by atoms with van der Waals surface area (Å²) in [4.78, 5) is 15.1. The van der Waals surface area contributed by atoms with E-state index in [1.807, 2.05) is 25.1 Å². The molecule has 0 unspecified atom stereocenters. The smallest absolute Gasteiger partial charge is 0.336 e. The number of hydrogen-bond donors (Lipinski definition) is 0. The third-order valence-corrected chi connectivity index (χ3v) is 8.69. The lowest BCUT2D eigenvalue weighted by Gasteiger charge is -2.33. The maximum Gasteiger partial charge on any atom is 0.336 e. The predicted octanol–water partition coefficient (Wildman–Crippen LogP) is 3.43. The zero-order valence-electron chi connectivity index (χ0n) is 15.2. The van der Waals surface area contributed by atoms with Gasteiger partial charge in [-0.15, -0.1) is 11.3 Å². The second-order valence-electron chi connectivity index (χ2n) is 6.78. The van der Waals surface area contributed by atoms with E-state index in [4.69, 9.17) is 4.42 Å². The molecule has 1 saturated heterocycles. The van der Waals surface area contributed by atoms with Gasteiger partial charge in [0, 0.05) is 53.5 Å². The molecule has 0 N–H and O–H groups in total. The summed E-state index contributed by atoms with van der Waals surface area (Å²) in [6, 6.07) is 10.7. The topological polar surface area (TPSA) is 70.8 Å². The Bertz CT molecular complexity index is 1180. The van der Waals surface area contributed by atoms with Crippen LogP contribution in [0.4, 0.5) is 0 Å². The van der Waals surface area contributed by atoms with Crippen LogP contribution in [0, 0.1) is 6.92 Å². The Balaban J connectivity index is 1.49. The molecule has 0 saturated carbocycles. The van der Waals surface area contributed by atoms with Crippen molar-refractivity contribution in [3.8, 4) is 0 Å². The number of nitrogens with zero attached hydrogens (tertiary/aromatic N) is 2. The monoisotopic (exact) mass is 482 g/mol. The average Bonchev–Trinajstić information content (AvgIpc) is 3.09. The van der Waals surface area contributed by atoms with E-state index in [1.165, 1.54) is 17.4 Å². The van der Waals surface area contributed by atoms with Crippen LogP contribution in [0.1, 0.15) is 10.4 Å².